The maximum absolute atomic E-state index is 13.2. The molecular formula is C25H25N5O4S. The molecule has 2 aliphatic rings. The quantitative estimate of drug-likeness (QED) is 0.464. The first-order valence-corrected chi connectivity index (χ1v) is 12.3. The molecule has 9 nitrogen and oxygen atoms in total. The number of hydrogen-bond acceptors (Lipinski definition) is 8. The first-order chi connectivity index (χ1) is 17.0. The van der Waals surface area contributed by atoms with E-state index in [1.807, 2.05) is 30.3 Å². The lowest BCUT2D eigenvalue weighted by molar-refractivity contribution is -0.124. The molecule has 2 aromatic carbocycles. The van der Waals surface area contributed by atoms with Crippen LogP contribution in [0.1, 0.15) is 38.6 Å². The van der Waals surface area contributed by atoms with E-state index in [-0.39, 0.29) is 29.4 Å². The molecule has 180 valence electrons. The second kappa shape index (κ2) is 9.65. The molecule has 35 heavy (non-hydrogen) atoms. The Balaban J connectivity index is 1.33. The number of carbonyl (C=O) groups excluding carboxylic acids is 3. The third kappa shape index (κ3) is 4.86. The van der Waals surface area contributed by atoms with E-state index in [1.165, 1.54) is 23.5 Å². The van der Waals surface area contributed by atoms with E-state index in [9.17, 15) is 14.4 Å². The third-order valence-electron chi connectivity index (χ3n) is 6.42. The number of rotatable bonds is 8. The first-order valence-electron chi connectivity index (χ1n) is 11.5. The lowest BCUT2D eigenvalue weighted by Crippen LogP contribution is -2.51. The number of ether oxygens (including phenoxy) is 1. The summed E-state index contributed by atoms with van der Waals surface area (Å²) >= 11 is 1.36. The average molecular weight is 492 g/mol. The molecule has 0 bridgehead atoms. The molecule has 1 saturated carbocycles. The van der Waals surface area contributed by atoms with Gasteiger partial charge in [0.05, 0.1) is 30.9 Å². The van der Waals surface area contributed by atoms with Crippen molar-refractivity contribution in [2.24, 2.45) is 5.73 Å². The molecule has 0 spiro atoms. The van der Waals surface area contributed by atoms with Crippen LogP contribution in [0.2, 0.25) is 0 Å². The number of benzene rings is 2. The molecule has 2 fully saturated rings. The molecule has 0 unspecified atom stereocenters. The van der Waals surface area contributed by atoms with Crippen LogP contribution in [0.25, 0.3) is 10.6 Å². The van der Waals surface area contributed by atoms with Crippen LogP contribution >= 0.6 is 11.3 Å². The molecule has 2 amide bonds. The molecule has 10 heteroatoms. The maximum Gasteiger partial charge on any atom is 0.250 e. The molecule has 0 atom stereocenters. The summed E-state index contributed by atoms with van der Waals surface area (Å²) in [4.78, 5) is 40.4. The average Bonchev–Trinajstić information content (AvgIpc) is 3.57. The largest absolute Gasteiger partial charge is 0.379 e. The highest BCUT2D eigenvalue weighted by Gasteiger charge is 2.54. The summed E-state index contributed by atoms with van der Waals surface area (Å²) in [6.45, 7) is 2.54. The van der Waals surface area contributed by atoms with E-state index >= 15 is 0 Å². The standard InChI is InChI=1S/C25H25N5O4S/c26-22(32)18-7-6-17(20(31)15-21-28-29-23(35-21)16-4-2-1-3-5-16)14-19(18)27-24(33)25(8-9-25)30-10-12-34-13-11-30/h1-7,14H,8-13,15H2,(H2,26,32)(H,27,33). The molecule has 1 aliphatic heterocycles. The van der Waals surface area contributed by atoms with Crippen LogP contribution in [0.15, 0.2) is 48.5 Å². The van der Waals surface area contributed by atoms with Gasteiger partial charge in [0.2, 0.25) is 5.91 Å². The van der Waals surface area contributed by atoms with Crippen molar-refractivity contribution in [1.29, 1.82) is 0 Å². The van der Waals surface area contributed by atoms with Crippen molar-refractivity contribution >= 4 is 34.6 Å². The van der Waals surface area contributed by atoms with Gasteiger partial charge >= 0.3 is 0 Å². The van der Waals surface area contributed by atoms with E-state index in [0.717, 1.165) is 23.4 Å². The number of primary amides is 1. The summed E-state index contributed by atoms with van der Waals surface area (Å²) < 4.78 is 5.41. The predicted octanol–water partition coefficient (Wildman–Crippen LogP) is 2.53. The minimum absolute atomic E-state index is 0.0610. The zero-order valence-corrected chi connectivity index (χ0v) is 19.8. The van der Waals surface area contributed by atoms with Gasteiger partial charge in [-0.05, 0) is 25.0 Å². The number of nitrogens with one attached hydrogen (secondary N) is 1. The van der Waals surface area contributed by atoms with Crippen molar-refractivity contribution in [3.05, 3.63) is 64.7 Å². The Morgan fingerprint density at radius 1 is 1.06 bits per heavy atom. The van der Waals surface area contributed by atoms with Gasteiger partial charge in [-0.15, -0.1) is 10.2 Å². The maximum atomic E-state index is 13.2. The highest BCUT2D eigenvalue weighted by atomic mass is 32.1. The number of hydrogen-bond donors (Lipinski definition) is 2. The Morgan fingerprint density at radius 3 is 2.49 bits per heavy atom. The van der Waals surface area contributed by atoms with E-state index in [4.69, 9.17) is 10.5 Å². The molecule has 1 aromatic heterocycles. The predicted molar refractivity (Wildman–Crippen MR) is 131 cm³/mol. The highest BCUT2D eigenvalue weighted by molar-refractivity contribution is 7.14. The zero-order valence-electron chi connectivity index (χ0n) is 19.0. The number of ketones is 1. The van der Waals surface area contributed by atoms with Crippen molar-refractivity contribution < 1.29 is 19.1 Å². The van der Waals surface area contributed by atoms with Crippen molar-refractivity contribution in [3.63, 3.8) is 0 Å². The minimum atomic E-state index is -0.674. The fourth-order valence-corrected chi connectivity index (χ4v) is 5.18. The lowest BCUT2D eigenvalue weighted by atomic mass is 10.0. The number of nitrogens with two attached hydrogens (primary N) is 1. The summed E-state index contributed by atoms with van der Waals surface area (Å²) in [6, 6.07) is 14.2. The second-order valence-corrected chi connectivity index (χ2v) is 9.74. The Labute approximate surface area is 206 Å². The molecular weight excluding hydrogens is 466 g/mol. The zero-order chi connectivity index (χ0) is 24.4. The number of Topliss-reactive ketones (excluding diaryl/α,β-unsaturated/α-hetero) is 1. The minimum Gasteiger partial charge on any atom is -0.379 e. The van der Waals surface area contributed by atoms with E-state index in [2.05, 4.69) is 20.4 Å². The normalized spacial score (nSPS) is 17.0. The molecule has 0 radical (unpaired) electrons. The first kappa shape index (κ1) is 23.3. The topological polar surface area (TPSA) is 128 Å². The van der Waals surface area contributed by atoms with Crippen LogP contribution in [-0.4, -0.2) is 64.5 Å². The summed E-state index contributed by atoms with van der Waals surface area (Å²) in [5.41, 5.74) is 6.65. The van der Waals surface area contributed by atoms with Crippen molar-refractivity contribution in [2.45, 2.75) is 24.8 Å². The lowest BCUT2D eigenvalue weighted by Gasteiger charge is -2.33. The third-order valence-corrected chi connectivity index (χ3v) is 7.39. The fourth-order valence-electron chi connectivity index (χ4n) is 4.33. The van der Waals surface area contributed by atoms with E-state index in [1.54, 1.807) is 6.07 Å². The van der Waals surface area contributed by atoms with Gasteiger partial charge in [-0.1, -0.05) is 47.7 Å². The van der Waals surface area contributed by atoms with Gasteiger partial charge in [0.15, 0.2) is 5.78 Å². The Bertz CT molecular complexity index is 1270. The summed E-state index contributed by atoms with van der Waals surface area (Å²) in [5, 5.41) is 12.5. The van der Waals surface area contributed by atoms with Crippen LogP contribution < -0.4 is 11.1 Å². The van der Waals surface area contributed by atoms with Gasteiger partial charge in [0, 0.05) is 24.2 Å². The van der Waals surface area contributed by atoms with E-state index < -0.39 is 11.4 Å². The number of aromatic nitrogens is 2. The van der Waals surface area contributed by atoms with Crippen molar-refractivity contribution in [2.75, 3.05) is 31.6 Å². The Kier molecular flexibility index (Phi) is 6.42. The second-order valence-electron chi connectivity index (χ2n) is 8.68. The number of anilines is 1. The summed E-state index contributed by atoms with van der Waals surface area (Å²) in [6.07, 6.45) is 1.54. The van der Waals surface area contributed by atoms with Crippen LogP contribution in [0.3, 0.4) is 0 Å². The summed E-state index contributed by atoms with van der Waals surface area (Å²) in [5.74, 6) is -1.06. The van der Waals surface area contributed by atoms with Gasteiger partial charge in [-0.3, -0.25) is 19.3 Å². The molecule has 3 N–H and O–H groups in total. The highest BCUT2D eigenvalue weighted by Crippen LogP contribution is 2.43. The molecule has 2 heterocycles. The molecule has 1 aliphatic carbocycles. The summed E-state index contributed by atoms with van der Waals surface area (Å²) in [7, 11) is 0. The Hall–Kier alpha value is -3.47. The fraction of sp³-hybridized carbons (Fsp3) is 0.320. The number of nitrogens with zero attached hydrogens (tertiary/aromatic N) is 3. The SMILES string of the molecule is NC(=O)c1ccc(C(=O)Cc2nnc(-c3ccccc3)s2)cc1NC(=O)C1(N2CCOCC2)CC1. The van der Waals surface area contributed by atoms with Crippen LogP contribution in [-0.2, 0) is 16.0 Å². The molecule has 1 saturated heterocycles. The van der Waals surface area contributed by atoms with Gasteiger partial charge in [-0.2, -0.15) is 0 Å². The number of amides is 2. The monoisotopic (exact) mass is 491 g/mol. The van der Waals surface area contributed by atoms with E-state index in [0.29, 0.717) is 36.9 Å². The van der Waals surface area contributed by atoms with Crippen molar-refractivity contribution in [1.82, 2.24) is 15.1 Å². The van der Waals surface area contributed by atoms with Crippen molar-refractivity contribution in [3.8, 4) is 10.6 Å². The van der Waals surface area contributed by atoms with Gasteiger partial charge < -0.3 is 15.8 Å². The number of carbonyl (C=O) groups is 3. The van der Waals surface area contributed by atoms with Crippen LogP contribution in [0, 0.1) is 0 Å². The number of morpholine rings is 1. The molecule has 5 rings (SSSR count). The molecule has 3 aromatic rings. The van der Waals surface area contributed by atoms with Crippen LogP contribution in [0.4, 0.5) is 5.69 Å². The Morgan fingerprint density at radius 2 is 1.80 bits per heavy atom. The smallest absolute Gasteiger partial charge is 0.250 e. The van der Waals surface area contributed by atoms with Gasteiger partial charge in [-0.25, -0.2) is 0 Å². The van der Waals surface area contributed by atoms with Crippen LogP contribution in [0.5, 0.6) is 0 Å². The van der Waals surface area contributed by atoms with Gasteiger partial charge in [0.25, 0.3) is 5.91 Å². The van der Waals surface area contributed by atoms with Gasteiger partial charge in [0.1, 0.15) is 15.6 Å².